The van der Waals surface area contributed by atoms with Crippen molar-refractivity contribution in [1.82, 2.24) is 10.3 Å². The van der Waals surface area contributed by atoms with Crippen LogP contribution in [0, 0.1) is 6.92 Å². The van der Waals surface area contributed by atoms with Crippen LogP contribution in [-0.4, -0.2) is 22.6 Å². The molecule has 2 N–H and O–H groups in total. The lowest BCUT2D eigenvalue weighted by atomic mass is 10.1. The number of amides is 1. The van der Waals surface area contributed by atoms with Crippen molar-refractivity contribution < 1.29 is 9.53 Å². The van der Waals surface area contributed by atoms with E-state index in [4.69, 9.17) is 21.9 Å². The van der Waals surface area contributed by atoms with Crippen LogP contribution >= 0.6 is 23.6 Å². The number of hydrogen-bond donors (Lipinski definition) is 2. The molecule has 0 aliphatic rings. The Morgan fingerprint density at radius 3 is 2.76 bits per heavy atom. The predicted octanol–water partition coefficient (Wildman–Crippen LogP) is 6.58. The van der Waals surface area contributed by atoms with Gasteiger partial charge >= 0.3 is 0 Å². The van der Waals surface area contributed by atoms with Gasteiger partial charge in [0.15, 0.2) is 5.11 Å². The maximum atomic E-state index is 12.7. The lowest BCUT2D eigenvalue weighted by Crippen LogP contribution is -2.34. The van der Waals surface area contributed by atoms with Gasteiger partial charge in [0, 0.05) is 16.8 Å². The van der Waals surface area contributed by atoms with Crippen LogP contribution in [0.25, 0.3) is 20.8 Å². The molecule has 0 saturated carbocycles. The Morgan fingerprint density at radius 2 is 1.94 bits per heavy atom. The fraction of sp³-hybridized carbons (Fsp3) is 0.192. The van der Waals surface area contributed by atoms with Gasteiger partial charge in [-0.3, -0.25) is 10.1 Å². The van der Waals surface area contributed by atoms with Gasteiger partial charge in [0.2, 0.25) is 0 Å². The first-order chi connectivity index (χ1) is 16.0. The van der Waals surface area contributed by atoms with Crippen LogP contribution in [0.15, 0.2) is 66.7 Å². The van der Waals surface area contributed by atoms with Crippen molar-refractivity contribution in [2.24, 2.45) is 0 Å². The molecule has 0 atom stereocenters. The largest absolute Gasteiger partial charge is 0.494 e. The number of thiazole rings is 1. The number of unbranched alkanes of at least 4 members (excludes halogenated alkanes) is 1. The van der Waals surface area contributed by atoms with Crippen molar-refractivity contribution in [3.8, 4) is 16.3 Å². The Kier molecular flexibility index (Phi) is 7.32. The number of hydrogen-bond acceptors (Lipinski definition) is 5. The van der Waals surface area contributed by atoms with Crippen molar-refractivity contribution in [2.45, 2.75) is 26.7 Å². The zero-order chi connectivity index (χ0) is 23.2. The molecule has 0 radical (unpaired) electrons. The molecule has 0 unspecified atom stereocenters. The molecule has 0 spiro atoms. The van der Waals surface area contributed by atoms with Crippen LogP contribution in [0.1, 0.15) is 35.7 Å². The van der Waals surface area contributed by atoms with Gasteiger partial charge in [-0.1, -0.05) is 43.7 Å². The van der Waals surface area contributed by atoms with Crippen LogP contribution in [0.3, 0.4) is 0 Å². The quantitative estimate of drug-likeness (QED) is 0.234. The van der Waals surface area contributed by atoms with Crippen molar-refractivity contribution in [2.75, 3.05) is 11.9 Å². The summed E-state index contributed by atoms with van der Waals surface area (Å²) in [5.74, 6) is 0.391. The summed E-state index contributed by atoms with van der Waals surface area (Å²) in [6.45, 7) is 4.73. The number of ether oxygens (including phenoxy) is 1. The zero-order valence-corrected chi connectivity index (χ0v) is 20.2. The van der Waals surface area contributed by atoms with Crippen LogP contribution in [0.4, 0.5) is 5.69 Å². The summed E-state index contributed by atoms with van der Waals surface area (Å²) in [5, 5.41) is 7.09. The van der Waals surface area contributed by atoms with Gasteiger partial charge in [-0.05, 0) is 67.5 Å². The Balaban J connectivity index is 1.44. The number of para-hydroxylation sites is 1. The Hall–Kier alpha value is -3.29. The Labute approximate surface area is 202 Å². The van der Waals surface area contributed by atoms with Gasteiger partial charge in [0.25, 0.3) is 5.91 Å². The van der Waals surface area contributed by atoms with Crippen LogP contribution < -0.4 is 15.4 Å². The second-order valence-corrected chi connectivity index (χ2v) is 9.09. The minimum Gasteiger partial charge on any atom is -0.494 e. The molecule has 1 amide bonds. The summed E-state index contributed by atoms with van der Waals surface area (Å²) in [7, 11) is 0. The van der Waals surface area contributed by atoms with Gasteiger partial charge in [-0.15, -0.1) is 11.3 Å². The van der Waals surface area contributed by atoms with E-state index in [0.717, 1.165) is 44.9 Å². The molecule has 7 heteroatoms. The minimum absolute atomic E-state index is 0.238. The highest BCUT2D eigenvalue weighted by Gasteiger charge is 2.12. The van der Waals surface area contributed by atoms with E-state index in [2.05, 4.69) is 23.6 Å². The molecular weight excluding hydrogens is 450 g/mol. The third kappa shape index (κ3) is 5.74. The molecule has 4 rings (SSSR count). The number of aromatic nitrogens is 1. The molecule has 0 bridgehead atoms. The topological polar surface area (TPSA) is 63.2 Å². The highest BCUT2D eigenvalue weighted by molar-refractivity contribution is 7.80. The van der Waals surface area contributed by atoms with E-state index < -0.39 is 0 Å². The molecule has 168 valence electrons. The molecule has 0 aliphatic heterocycles. The van der Waals surface area contributed by atoms with Crippen molar-refractivity contribution in [3.05, 3.63) is 77.9 Å². The summed E-state index contributed by atoms with van der Waals surface area (Å²) in [4.78, 5) is 17.4. The van der Waals surface area contributed by atoms with Crippen molar-refractivity contribution in [1.29, 1.82) is 0 Å². The number of benzene rings is 3. The average Bonchev–Trinajstić information content (AvgIpc) is 3.25. The molecule has 0 saturated heterocycles. The first kappa shape index (κ1) is 22.9. The van der Waals surface area contributed by atoms with E-state index in [0.29, 0.717) is 17.9 Å². The normalized spacial score (nSPS) is 10.7. The molecule has 33 heavy (non-hydrogen) atoms. The van der Waals surface area contributed by atoms with E-state index in [-0.39, 0.29) is 11.0 Å². The third-order valence-electron chi connectivity index (χ3n) is 5.12. The molecule has 1 heterocycles. The fourth-order valence-electron chi connectivity index (χ4n) is 3.28. The molecule has 1 aromatic heterocycles. The van der Waals surface area contributed by atoms with E-state index >= 15 is 0 Å². The standard InChI is InChI=1S/C26H25N3O2S2/c1-3-4-14-31-20-9-7-8-18(15-20)24(30)29-26(32)28-22-16-19(13-12-17(22)2)25-27-21-10-5-6-11-23(21)33-25/h5-13,15-16H,3-4,14H2,1-2H3,(H2,28,29,30,32). The summed E-state index contributed by atoms with van der Waals surface area (Å²) in [6, 6.07) is 21.3. The number of nitrogens with one attached hydrogen (secondary N) is 2. The highest BCUT2D eigenvalue weighted by Crippen LogP contribution is 2.32. The van der Waals surface area contributed by atoms with Gasteiger partial charge in [-0.2, -0.15) is 0 Å². The number of carbonyl (C=O) groups is 1. The van der Waals surface area contributed by atoms with Crippen LogP contribution in [0.5, 0.6) is 5.75 Å². The van der Waals surface area contributed by atoms with E-state index in [1.54, 1.807) is 29.5 Å². The summed E-state index contributed by atoms with van der Waals surface area (Å²) in [5.41, 5.74) is 4.32. The first-order valence-corrected chi connectivity index (χ1v) is 12.1. The SMILES string of the molecule is CCCCOc1cccc(C(=O)NC(=S)Nc2cc(-c3nc4ccccc4s3)ccc2C)c1. The molecule has 0 fully saturated rings. The summed E-state index contributed by atoms with van der Waals surface area (Å²) >= 11 is 7.06. The van der Waals surface area contributed by atoms with E-state index in [1.807, 2.05) is 49.4 Å². The number of thiocarbonyl (C=S) groups is 1. The van der Waals surface area contributed by atoms with Gasteiger partial charge in [-0.25, -0.2) is 4.98 Å². The Morgan fingerprint density at radius 1 is 1.09 bits per heavy atom. The average molecular weight is 476 g/mol. The van der Waals surface area contributed by atoms with Crippen molar-refractivity contribution >= 4 is 50.5 Å². The first-order valence-electron chi connectivity index (χ1n) is 10.9. The van der Waals surface area contributed by atoms with Gasteiger partial charge in [0.1, 0.15) is 10.8 Å². The number of anilines is 1. The molecule has 3 aromatic carbocycles. The third-order valence-corrected chi connectivity index (χ3v) is 6.41. The van der Waals surface area contributed by atoms with E-state index in [9.17, 15) is 4.79 Å². The number of fused-ring (bicyclic) bond motifs is 1. The minimum atomic E-state index is -0.284. The van der Waals surface area contributed by atoms with Crippen LogP contribution in [-0.2, 0) is 0 Å². The van der Waals surface area contributed by atoms with Gasteiger partial charge in [0.05, 0.1) is 16.8 Å². The smallest absolute Gasteiger partial charge is 0.257 e. The van der Waals surface area contributed by atoms with Gasteiger partial charge < -0.3 is 10.1 Å². The monoisotopic (exact) mass is 475 g/mol. The molecular formula is C26H25N3O2S2. The lowest BCUT2D eigenvalue weighted by Gasteiger charge is -2.13. The summed E-state index contributed by atoms with van der Waals surface area (Å²) < 4.78 is 6.84. The number of rotatable bonds is 7. The predicted molar refractivity (Wildman–Crippen MR) is 140 cm³/mol. The molecule has 5 nitrogen and oxygen atoms in total. The zero-order valence-electron chi connectivity index (χ0n) is 18.6. The summed E-state index contributed by atoms with van der Waals surface area (Å²) in [6.07, 6.45) is 2.03. The second-order valence-electron chi connectivity index (χ2n) is 7.65. The number of nitrogens with zero attached hydrogens (tertiary/aromatic N) is 1. The van der Waals surface area contributed by atoms with Crippen LogP contribution in [0.2, 0.25) is 0 Å². The second kappa shape index (κ2) is 10.6. The Bertz CT molecular complexity index is 1270. The molecule has 4 aromatic rings. The molecule has 0 aliphatic carbocycles. The van der Waals surface area contributed by atoms with Crippen molar-refractivity contribution in [3.63, 3.8) is 0 Å². The van der Waals surface area contributed by atoms with E-state index in [1.165, 1.54) is 0 Å². The lowest BCUT2D eigenvalue weighted by molar-refractivity contribution is 0.0977. The maximum absolute atomic E-state index is 12.7. The number of aryl methyl sites for hydroxylation is 1. The highest BCUT2D eigenvalue weighted by atomic mass is 32.1. The maximum Gasteiger partial charge on any atom is 0.257 e. The fourth-order valence-corrected chi connectivity index (χ4v) is 4.44. The number of carbonyl (C=O) groups excluding carboxylic acids is 1.